The van der Waals surface area contributed by atoms with E-state index in [0.717, 1.165) is 43.9 Å². The predicted molar refractivity (Wildman–Crippen MR) is 107 cm³/mol. The first-order valence-corrected chi connectivity index (χ1v) is 9.08. The van der Waals surface area contributed by atoms with Crippen molar-refractivity contribution in [2.75, 3.05) is 38.2 Å². The van der Waals surface area contributed by atoms with Crippen LogP contribution in [0.25, 0.3) is 6.08 Å². The Morgan fingerprint density at radius 2 is 1.85 bits per heavy atom. The van der Waals surface area contributed by atoms with Crippen molar-refractivity contribution in [3.8, 4) is 5.75 Å². The summed E-state index contributed by atoms with van der Waals surface area (Å²) in [6.45, 7) is 5.48. The van der Waals surface area contributed by atoms with Crippen LogP contribution >= 0.6 is 0 Å². The highest BCUT2D eigenvalue weighted by molar-refractivity contribution is 5.91. The molecule has 136 valence electrons. The summed E-state index contributed by atoms with van der Waals surface area (Å²) in [4.78, 5) is 16.9. The van der Waals surface area contributed by atoms with Crippen molar-refractivity contribution in [2.24, 2.45) is 0 Å². The molecule has 0 saturated carbocycles. The number of hydrogen-bond acceptors (Lipinski definition) is 3. The molecule has 0 spiro atoms. The Morgan fingerprint density at radius 3 is 2.62 bits per heavy atom. The summed E-state index contributed by atoms with van der Waals surface area (Å²) in [6.07, 6.45) is 4.50. The molecule has 0 aromatic heterocycles. The highest BCUT2D eigenvalue weighted by Crippen LogP contribution is 2.18. The van der Waals surface area contributed by atoms with Gasteiger partial charge in [0.25, 0.3) is 0 Å². The first-order chi connectivity index (χ1) is 12.7. The highest BCUT2D eigenvalue weighted by Gasteiger charge is 2.17. The van der Waals surface area contributed by atoms with Gasteiger partial charge in [-0.15, -0.1) is 0 Å². The molecule has 0 unspecified atom stereocenters. The third-order valence-corrected chi connectivity index (χ3v) is 4.72. The van der Waals surface area contributed by atoms with Gasteiger partial charge in [0.15, 0.2) is 0 Å². The van der Waals surface area contributed by atoms with Crippen LogP contribution in [-0.2, 0) is 4.79 Å². The van der Waals surface area contributed by atoms with Gasteiger partial charge in [0, 0.05) is 37.9 Å². The zero-order chi connectivity index (χ0) is 18.4. The lowest BCUT2D eigenvalue weighted by atomic mass is 10.2. The number of rotatable bonds is 4. The lowest BCUT2D eigenvalue weighted by Gasteiger charge is -2.23. The number of amides is 1. The van der Waals surface area contributed by atoms with Crippen molar-refractivity contribution in [1.82, 2.24) is 4.90 Å². The number of ether oxygens (including phenoxy) is 1. The summed E-state index contributed by atoms with van der Waals surface area (Å²) < 4.78 is 5.22. The van der Waals surface area contributed by atoms with Crippen LogP contribution in [0.15, 0.2) is 54.6 Å². The fourth-order valence-electron chi connectivity index (χ4n) is 3.17. The molecule has 1 aliphatic heterocycles. The van der Waals surface area contributed by atoms with Gasteiger partial charge in [-0.05, 0) is 49.2 Å². The molecule has 1 fully saturated rings. The number of anilines is 1. The second kappa shape index (κ2) is 8.56. The van der Waals surface area contributed by atoms with Gasteiger partial charge in [0.1, 0.15) is 5.75 Å². The van der Waals surface area contributed by atoms with Gasteiger partial charge in [0.05, 0.1) is 7.11 Å². The lowest BCUT2D eigenvalue weighted by Crippen LogP contribution is -2.34. The fraction of sp³-hybridized carbons (Fsp3) is 0.318. The number of carbonyl (C=O) groups excluding carboxylic acids is 1. The first kappa shape index (κ1) is 18.1. The van der Waals surface area contributed by atoms with Crippen molar-refractivity contribution in [3.05, 3.63) is 65.7 Å². The number of benzene rings is 2. The van der Waals surface area contributed by atoms with Gasteiger partial charge >= 0.3 is 0 Å². The minimum atomic E-state index is 0.0681. The SMILES string of the molecule is COc1cccc(/C=C/C(=O)N2CCCN(c3ccc(C)cc3)CC2)c1. The molecular weight excluding hydrogens is 324 g/mol. The van der Waals surface area contributed by atoms with E-state index in [1.807, 2.05) is 35.2 Å². The summed E-state index contributed by atoms with van der Waals surface area (Å²) in [6, 6.07) is 16.3. The Morgan fingerprint density at radius 1 is 1.04 bits per heavy atom. The van der Waals surface area contributed by atoms with Crippen molar-refractivity contribution in [3.63, 3.8) is 0 Å². The molecular formula is C22H26N2O2. The van der Waals surface area contributed by atoms with E-state index in [2.05, 4.69) is 36.1 Å². The minimum absolute atomic E-state index is 0.0681. The smallest absolute Gasteiger partial charge is 0.246 e. The summed E-state index contributed by atoms with van der Waals surface area (Å²) in [5, 5.41) is 0. The number of carbonyl (C=O) groups is 1. The van der Waals surface area contributed by atoms with Gasteiger partial charge < -0.3 is 14.5 Å². The molecule has 0 N–H and O–H groups in total. The summed E-state index contributed by atoms with van der Waals surface area (Å²) in [5.41, 5.74) is 3.47. The molecule has 0 bridgehead atoms. The fourth-order valence-corrected chi connectivity index (χ4v) is 3.17. The Labute approximate surface area is 155 Å². The maximum absolute atomic E-state index is 12.6. The normalized spacial score (nSPS) is 15.2. The van der Waals surface area contributed by atoms with Crippen LogP contribution in [0.3, 0.4) is 0 Å². The van der Waals surface area contributed by atoms with Crippen LogP contribution in [0.5, 0.6) is 5.75 Å². The molecule has 3 rings (SSSR count). The second-order valence-electron chi connectivity index (χ2n) is 6.61. The molecule has 2 aromatic carbocycles. The van der Waals surface area contributed by atoms with Crippen molar-refractivity contribution < 1.29 is 9.53 Å². The molecule has 0 radical (unpaired) electrons. The van der Waals surface area contributed by atoms with Crippen LogP contribution < -0.4 is 9.64 Å². The van der Waals surface area contributed by atoms with E-state index in [9.17, 15) is 4.79 Å². The third kappa shape index (κ3) is 4.66. The summed E-state index contributed by atoms with van der Waals surface area (Å²) >= 11 is 0. The molecule has 26 heavy (non-hydrogen) atoms. The Hall–Kier alpha value is -2.75. The maximum atomic E-state index is 12.6. The standard InChI is InChI=1S/C22H26N2O2/c1-18-7-10-20(11-8-18)23-13-4-14-24(16-15-23)22(25)12-9-19-5-3-6-21(17-19)26-2/h3,5-12,17H,4,13-16H2,1-2H3/b12-9+. The van der Waals surface area contributed by atoms with E-state index < -0.39 is 0 Å². The first-order valence-electron chi connectivity index (χ1n) is 9.08. The van der Waals surface area contributed by atoms with Gasteiger partial charge in [-0.3, -0.25) is 4.79 Å². The average Bonchev–Trinajstić information content (AvgIpc) is 2.93. The topological polar surface area (TPSA) is 32.8 Å². The molecule has 2 aromatic rings. The molecule has 1 amide bonds. The Bertz CT molecular complexity index is 768. The number of methoxy groups -OCH3 is 1. The van der Waals surface area contributed by atoms with Crippen molar-refractivity contribution >= 4 is 17.7 Å². The quantitative estimate of drug-likeness (QED) is 0.787. The van der Waals surface area contributed by atoms with Crippen LogP contribution in [-0.4, -0.2) is 44.1 Å². The second-order valence-corrected chi connectivity index (χ2v) is 6.61. The maximum Gasteiger partial charge on any atom is 0.246 e. The number of nitrogens with zero attached hydrogens (tertiary/aromatic N) is 2. The van der Waals surface area contributed by atoms with Crippen LogP contribution in [0.4, 0.5) is 5.69 Å². The Balaban J connectivity index is 1.60. The van der Waals surface area contributed by atoms with E-state index >= 15 is 0 Å². The van der Waals surface area contributed by atoms with Crippen molar-refractivity contribution in [2.45, 2.75) is 13.3 Å². The van der Waals surface area contributed by atoms with Gasteiger partial charge in [0.2, 0.25) is 5.91 Å². The van der Waals surface area contributed by atoms with Gasteiger partial charge in [-0.1, -0.05) is 29.8 Å². The van der Waals surface area contributed by atoms with Crippen molar-refractivity contribution in [1.29, 1.82) is 0 Å². The molecule has 1 saturated heterocycles. The zero-order valence-corrected chi connectivity index (χ0v) is 15.5. The molecule has 1 heterocycles. The highest BCUT2D eigenvalue weighted by atomic mass is 16.5. The van der Waals surface area contributed by atoms with Crippen LogP contribution in [0.2, 0.25) is 0 Å². The van der Waals surface area contributed by atoms with Gasteiger partial charge in [-0.2, -0.15) is 0 Å². The molecule has 0 atom stereocenters. The van der Waals surface area contributed by atoms with Crippen LogP contribution in [0, 0.1) is 6.92 Å². The third-order valence-electron chi connectivity index (χ3n) is 4.72. The van der Waals surface area contributed by atoms with E-state index in [-0.39, 0.29) is 5.91 Å². The van der Waals surface area contributed by atoms with E-state index in [4.69, 9.17) is 4.74 Å². The van der Waals surface area contributed by atoms with Gasteiger partial charge in [-0.25, -0.2) is 0 Å². The van der Waals surface area contributed by atoms with E-state index in [1.165, 1.54) is 11.3 Å². The predicted octanol–water partition coefficient (Wildman–Crippen LogP) is 3.76. The minimum Gasteiger partial charge on any atom is -0.497 e. The molecule has 0 aliphatic carbocycles. The van der Waals surface area contributed by atoms with Crippen LogP contribution in [0.1, 0.15) is 17.5 Å². The monoisotopic (exact) mass is 350 g/mol. The molecule has 4 heteroatoms. The summed E-state index contributed by atoms with van der Waals surface area (Å²) in [7, 11) is 1.64. The Kier molecular flexibility index (Phi) is 5.95. The number of aryl methyl sites for hydroxylation is 1. The lowest BCUT2D eigenvalue weighted by molar-refractivity contribution is -0.125. The molecule has 1 aliphatic rings. The molecule has 4 nitrogen and oxygen atoms in total. The van der Waals surface area contributed by atoms with E-state index in [1.54, 1.807) is 13.2 Å². The average molecular weight is 350 g/mol. The summed E-state index contributed by atoms with van der Waals surface area (Å²) in [5.74, 6) is 0.863. The zero-order valence-electron chi connectivity index (χ0n) is 15.5. The van der Waals surface area contributed by atoms with E-state index in [0.29, 0.717) is 0 Å². The largest absolute Gasteiger partial charge is 0.497 e. The number of hydrogen-bond donors (Lipinski definition) is 0.